The second-order valence-corrected chi connectivity index (χ2v) is 5.76. The first-order valence-electron chi connectivity index (χ1n) is 5.96. The van der Waals surface area contributed by atoms with Crippen LogP contribution in [0.25, 0.3) is 0 Å². The molecule has 1 aromatic heterocycles. The van der Waals surface area contributed by atoms with Crippen molar-refractivity contribution in [2.75, 3.05) is 11.9 Å². The second kappa shape index (κ2) is 6.58. The Bertz CT molecular complexity index is 697. The minimum atomic E-state index is -0.172. The minimum absolute atomic E-state index is 0.172. The van der Waals surface area contributed by atoms with Gasteiger partial charge in [-0.15, -0.1) is 11.3 Å². The van der Waals surface area contributed by atoms with E-state index in [1.807, 2.05) is 13.0 Å². The summed E-state index contributed by atoms with van der Waals surface area (Å²) in [4.78, 5) is 13.8. The smallest absolute Gasteiger partial charge is 0.265 e. The summed E-state index contributed by atoms with van der Waals surface area (Å²) in [6, 6.07) is 8.93. The number of thiophene rings is 1. The molecule has 0 saturated carbocycles. The van der Waals surface area contributed by atoms with E-state index in [1.165, 1.54) is 11.3 Å². The van der Waals surface area contributed by atoms with Crippen molar-refractivity contribution in [3.8, 4) is 11.8 Å². The molecule has 0 spiro atoms. The zero-order chi connectivity index (χ0) is 14.5. The fourth-order valence-corrected chi connectivity index (χ4v) is 2.52. The van der Waals surface area contributed by atoms with E-state index in [0.717, 1.165) is 10.4 Å². The van der Waals surface area contributed by atoms with E-state index in [2.05, 4.69) is 17.2 Å². The van der Waals surface area contributed by atoms with E-state index in [4.69, 9.17) is 17.3 Å². The Kier molecular flexibility index (Phi) is 4.80. The summed E-state index contributed by atoms with van der Waals surface area (Å²) in [6.45, 7) is 2.25. The normalized spacial score (nSPS) is 9.75. The molecule has 0 atom stereocenters. The number of hydrogen-bond donors (Lipinski definition) is 2. The van der Waals surface area contributed by atoms with Crippen molar-refractivity contribution in [2.45, 2.75) is 6.92 Å². The number of carbonyl (C=O) groups is 1. The molecule has 0 fully saturated rings. The van der Waals surface area contributed by atoms with E-state index in [0.29, 0.717) is 22.1 Å². The first kappa shape index (κ1) is 14.6. The number of benzene rings is 1. The van der Waals surface area contributed by atoms with Gasteiger partial charge in [-0.25, -0.2) is 0 Å². The van der Waals surface area contributed by atoms with Gasteiger partial charge in [0.15, 0.2) is 0 Å². The molecule has 0 unspecified atom stereocenters. The fraction of sp³-hybridized carbons (Fsp3) is 0.133. The predicted molar refractivity (Wildman–Crippen MR) is 84.4 cm³/mol. The molecule has 0 bridgehead atoms. The van der Waals surface area contributed by atoms with E-state index in [-0.39, 0.29) is 5.91 Å². The lowest BCUT2D eigenvalue weighted by Crippen LogP contribution is -2.10. The van der Waals surface area contributed by atoms with Crippen LogP contribution in [0.1, 0.15) is 20.1 Å². The molecule has 3 N–H and O–H groups in total. The quantitative estimate of drug-likeness (QED) is 0.837. The third kappa shape index (κ3) is 3.61. The number of nitrogens with two attached hydrogens (primary N) is 1. The van der Waals surface area contributed by atoms with Gasteiger partial charge in [-0.05, 0) is 37.3 Å². The largest absolute Gasteiger partial charge is 0.320 e. The highest BCUT2D eigenvalue weighted by atomic mass is 35.5. The number of aryl methyl sites for hydroxylation is 1. The summed E-state index contributed by atoms with van der Waals surface area (Å²) in [6.07, 6.45) is 0. The fourth-order valence-electron chi connectivity index (χ4n) is 1.59. The van der Waals surface area contributed by atoms with Gasteiger partial charge >= 0.3 is 0 Å². The molecule has 5 heteroatoms. The van der Waals surface area contributed by atoms with Crippen molar-refractivity contribution in [3.05, 3.63) is 50.7 Å². The maximum Gasteiger partial charge on any atom is 0.265 e. The van der Waals surface area contributed by atoms with Crippen LogP contribution in [0.4, 0.5) is 5.69 Å². The van der Waals surface area contributed by atoms with Crippen molar-refractivity contribution < 1.29 is 4.79 Å². The standard InChI is InChI=1S/C15H13ClN2OS/c1-10-4-7-14(20-10)15(19)18-13-9-11(3-2-8-17)5-6-12(13)16/h4-7,9H,8,17H2,1H3,(H,18,19). The highest BCUT2D eigenvalue weighted by Crippen LogP contribution is 2.24. The highest BCUT2D eigenvalue weighted by molar-refractivity contribution is 7.14. The minimum Gasteiger partial charge on any atom is -0.320 e. The highest BCUT2D eigenvalue weighted by Gasteiger charge is 2.10. The van der Waals surface area contributed by atoms with Gasteiger partial charge < -0.3 is 11.1 Å². The van der Waals surface area contributed by atoms with Gasteiger partial charge in [-0.1, -0.05) is 23.4 Å². The number of carbonyl (C=O) groups excluding carboxylic acids is 1. The van der Waals surface area contributed by atoms with Crippen molar-refractivity contribution in [1.82, 2.24) is 0 Å². The molecule has 20 heavy (non-hydrogen) atoms. The molecule has 3 nitrogen and oxygen atoms in total. The lowest BCUT2D eigenvalue weighted by Gasteiger charge is -2.06. The van der Waals surface area contributed by atoms with E-state index in [1.54, 1.807) is 24.3 Å². The van der Waals surface area contributed by atoms with Gasteiger partial charge in [0.05, 0.1) is 22.1 Å². The number of anilines is 1. The van der Waals surface area contributed by atoms with E-state index >= 15 is 0 Å². The molecule has 0 radical (unpaired) electrons. The number of amides is 1. The second-order valence-electron chi connectivity index (χ2n) is 4.06. The first-order valence-corrected chi connectivity index (χ1v) is 7.16. The molecule has 1 aromatic carbocycles. The number of halogens is 1. The molecule has 0 saturated heterocycles. The van der Waals surface area contributed by atoms with Crippen LogP contribution in [-0.4, -0.2) is 12.5 Å². The third-order valence-electron chi connectivity index (χ3n) is 2.51. The molecule has 2 aromatic rings. The lowest BCUT2D eigenvalue weighted by molar-refractivity contribution is 0.103. The summed E-state index contributed by atoms with van der Waals surface area (Å²) in [5, 5.41) is 3.27. The first-order chi connectivity index (χ1) is 9.60. The average molecular weight is 305 g/mol. The van der Waals surface area contributed by atoms with Gasteiger partial charge in [0.1, 0.15) is 0 Å². The SMILES string of the molecule is Cc1ccc(C(=O)Nc2cc(C#CCN)ccc2Cl)s1. The number of rotatable bonds is 2. The van der Waals surface area contributed by atoms with Crippen LogP contribution in [0.15, 0.2) is 30.3 Å². The maximum atomic E-state index is 12.1. The molecular weight excluding hydrogens is 292 g/mol. The summed E-state index contributed by atoms with van der Waals surface area (Å²) < 4.78 is 0. The zero-order valence-corrected chi connectivity index (χ0v) is 12.4. The van der Waals surface area contributed by atoms with Crippen LogP contribution in [0.2, 0.25) is 5.02 Å². The van der Waals surface area contributed by atoms with Gasteiger partial charge in [-0.2, -0.15) is 0 Å². The maximum absolute atomic E-state index is 12.1. The third-order valence-corrected chi connectivity index (χ3v) is 3.84. The Morgan fingerprint density at radius 3 is 2.85 bits per heavy atom. The van der Waals surface area contributed by atoms with Crippen LogP contribution in [0.5, 0.6) is 0 Å². The van der Waals surface area contributed by atoms with E-state index in [9.17, 15) is 4.79 Å². The van der Waals surface area contributed by atoms with Gasteiger partial charge in [-0.3, -0.25) is 4.79 Å². The molecule has 1 heterocycles. The summed E-state index contributed by atoms with van der Waals surface area (Å²) in [7, 11) is 0. The molecule has 1 amide bonds. The topological polar surface area (TPSA) is 55.1 Å². The average Bonchev–Trinajstić information content (AvgIpc) is 2.86. The van der Waals surface area contributed by atoms with Crippen molar-refractivity contribution >= 4 is 34.5 Å². The zero-order valence-electron chi connectivity index (χ0n) is 10.9. The predicted octanol–water partition coefficient (Wildman–Crippen LogP) is 3.27. The van der Waals surface area contributed by atoms with Gasteiger partial charge in [0.25, 0.3) is 5.91 Å². The van der Waals surface area contributed by atoms with Crippen LogP contribution in [0, 0.1) is 18.8 Å². The molecular formula is C15H13ClN2OS. The Hall–Kier alpha value is -1.80. The number of nitrogens with one attached hydrogen (secondary N) is 1. The van der Waals surface area contributed by atoms with Crippen LogP contribution in [0.3, 0.4) is 0 Å². The Morgan fingerprint density at radius 1 is 1.40 bits per heavy atom. The molecule has 0 aliphatic rings. The Balaban J connectivity index is 2.22. The van der Waals surface area contributed by atoms with E-state index < -0.39 is 0 Å². The number of hydrogen-bond acceptors (Lipinski definition) is 3. The summed E-state index contributed by atoms with van der Waals surface area (Å²) in [5.74, 6) is 5.50. The van der Waals surface area contributed by atoms with Crippen LogP contribution < -0.4 is 11.1 Å². The van der Waals surface area contributed by atoms with Crippen molar-refractivity contribution in [3.63, 3.8) is 0 Å². The lowest BCUT2D eigenvalue weighted by atomic mass is 10.2. The van der Waals surface area contributed by atoms with Gasteiger partial charge in [0, 0.05) is 10.4 Å². The Labute approximate surface area is 126 Å². The van der Waals surface area contributed by atoms with Crippen LogP contribution in [-0.2, 0) is 0 Å². The van der Waals surface area contributed by atoms with Crippen molar-refractivity contribution in [2.24, 2.45) is 5.73 Å². The molecule has 0 aliphatic heterocycles. The van der Waals surface area contributed by atoms with Gasteiger partial charge in [0.2, 0.25) is 0 Å². The molecule has 102 valence electrons. The van der Waals surface area contributed by atoms with Crippen LogP contribution >= 0.6 is 22.9 Å². The summed E-state index contributed by atoms with van der Waals surface area (Å²) in [5.41, 5.74) is 6.64. The Morgan fingerprint density at radius 2 is 2.20 bits per heavy atom. The molecule has 0 aliphatic carbocycles. The molecule has 2 rings (SSSR count). The monoisotopic (exact) mass is 304 g/mol. The van der Waals surface area contributed by atoms with Crippen molar-refractivity contribution in [1.29, 1.82) is 0 Å². The summed E-state index contributed by atoms with van der Waals surface area (Å²) >= 11 is 7.52.